The molecule has 0 N–H and O–H groups in total. The Labute approximate surface area is 95.3 Å². The van der Waals surface area contributed by atoms with Crippen LogP contribution in [0.2, 0.25) is 0 Å². The zero-order valence-corrected chi connectivity index (χ0v) is 10.0. The first-order chi connectivity index (χ1) is 5.08. The van der Waals surface area contributed by atoms with Gasteiger partial charge in [0.25, 0.3) is 0 Å². The normalized spacial score (nSPS) is 25.2. The molecule has 1 aliphatic carbocycles. The monoisotopic (exact) mass is 176 g/mol. The van der Waals surface area contributed by atoms with E-state index in [-0.39, 0.29) is 40.8 Å². The van der Waals surface area contributed by atoms with E-state index in [1.807, 2.05) is 13.8 Å². The summed E-state index contributed by atoms with van der Waals surface area (Å²) in [4.78, 5) is 11.4. The van der Waals surface area contributed by atoms with Crippen molar-refractivity contribution in [1.82, 2.24) is 0 Å². The van der Waals surface area contributed by atoms with Crippen molar-refractivity contribution >= 4 is 5.78 Å². The van der Waals surface area contributed by atoms with E-state index in [4.69, 9.17) is 0 Å². The van der Waals surface area contributed by atoms with E-state index < -0.39 is 0 Å². The van der Waals surface area contributed by atoms with Crippen molar-refractivity contribution < 1.29 is 39.5 Å². The number of ketones is 1. The van der Waals surface area contributed by atoms with Gasteiger partial charge in [0.15, 0.2) is 5.78 Å². The summed E-state index contributed by atoms with van der Waals surface area (Å²) >= 11 is 0. The van der Waals surface area contributed by atoms with Gasteiger partial charge in [-0.05, 0) is 24.8 Å². The number of rotatable bonds is 0. The van der Waals surface area contributed by atoms with Gasteiger partial charge in [-0.25, -0.2) is 0 Å². The minimum absolute atomic E-state index is 0. The molecule has 0 aliphatic heterocycles. The molecule has 1 saturated carbocycles. The predicted molar refractivity (Wildman–Crippen MR) is 40.7 cm³/mol. The van der Waals surface area contributed by atoms with Gasteiger partial charge in [-0.1, -0.05) is 13.8 Å². The number of allylic oxidation sites excluding steroid dienone is 1. The Morgan fingerprint density at radius 2 is 2.08 bits per heavy atom. The van der Waals surface area contributed by atoms with E-state index in [2.05, 4.69) is 0 Å². The van der Waals surface area contributed by atoms with Gasteiger partial charge in [0.2, 0.25) is 0 Å². The zero-order chi connectivity index (χ0) is 8.48. The van der Waals surface area contributed by atoms with E-state index in [0.717, 1.165) is 12.8 Å². The van der Waals surface area contributed by atoms with Crippen LogP contribution >= 0.6 is 0 Å². The molecule has 0 aromatic carbocycles. The Morgan fingerprint density at radius 3 is 2.50 bits per heavy atom. The summed E-state index contributed by atoms with van der Waals surface area (Å²) in [5.74, 6) is 0.0405. The van der Waals surface area contributed by atoms with E-state index >= 15 is 0 Å². The van der Waals surface area contributed by atoms with Gasteiger partial charge in [-0.3, -0.25) is 4.79 Å². The summed E-state index contributed by atoms with van der Waals surface area (Å²) in [5, 5.41) is 10.4. The second kappa shape index (κ2) is 4.45. The standard InChI is InChI=1S/C9H14O2.Na/c1-9(2)5-3-4-7(6-10)8(9)11;/h6,10H,3-5H2,1-2H3;/q;+1/p-1. The SMILES string of the molecule is CC1(C)CCCC(=C[O-])C1=O.[Na+]. The number of Topliss-reactive ketones (excluding diaryl/α,β-unsaturated/α-hetero) is 1. The maximum atomic E-state index is 11.4. The van der Waals surface area contributed by atoms with Crippen LogP contribution in [0, 0.1) is 5.41 Å². The molecule has 0 unspecified atom stereocenters. The third-order valence-corrected chi connectivity index (χ3v) is 2.30. The topological polar surface area (TPSA) is 40.1 Å². The van der Waals surface area contributed by atoms with Crippen molar-refractivity contribution in [1.29, 1.82) is 0 Å². The Balaban J connectivity index is 0.00000121. The maximum Gasteiger partial charge on any atom is 1.00 e. The van der Waals surface area contributed by atoms with Crippen molar-refractivity contribution in [3.05, 3.63) is 11.8 Å². The zero-order valence-electron chi connectivity index (χ0n) is 8.02. The minimum atomic E-state index is -0.297. The molecule has 62 valence electrons. The van der Waals surface area contributed by atoms with Crippen LogP contribution in [-0.4, -0.2) is 5.78 Å². The molecule has 12 heavy (non-hydrogen) atoms. The second-order valence-electron chi connectivity index (χ2n) is 3.71. The van der Waals surface area contributed by atoms with Crippen molar-refractivity contribution in [3.8, 4) is 0 Å². The third-order valence-electron chi connectivity index (χ3n) is 2.30. The molecule has 0 spiro atoms. The fraction of sp³-hybridized carbons (Fsp3) is 0.667. The summed E-state index contributed by atoms with van der Waals surface area (Å²) in [7, 11) is 0. The van der Waals surface area contributed by atoms with Gasteiger partial charge < -0.3 is 5.11 Å². The molecule has 0 radical (unpaired) electrons. The minimum Gasteiger partial charge on any atom is -0.878 e. The molecule has 0 amide bonds. The van der Waals surface area contributed by atoms with Crippen LogP contribution in [0.4, 0.5) is 0 Å². The van der Waals surface area contributed by atoms with Gasteiger partial charge in [-0.15, -0.1) is 6.26 Å². The number of carbonyl (C=O) groups is 1. The summed E-state index contributed by atoms with van der Waals surface area (Å²) in [5.41, 5.74) is 0.176. The third kappa shape index (κ3) is 2.35. The summed E-state index contributed by atoms with van der Waals surface area (Å²) in [6.07, 6.45) is 3.25. The summed E-state index contributed by atoms with van der Waals surface area (Å²) in [6.45, 7) is 3.80. The van der Waals surface area contributed by atoms with Crippen LogP contribution in [-0.2, 0) is 4.79 Å². The van der Waals surface area contributed by atoms with Crippen LogP contribution in [0.1, 0.15) is 33.1 Å². The van der Waals surface area contributed by atoms with Crippen molar-refractivity contribution in [2.24, 2.45) is 5.41 Å². The summed E-state index contributed by atoms with van der Waals surface area (Å²) in [6, 6.07) is 0. The first kappa shape index (κ1) is 12.2. The molecule has 0 aromatic rings. The Morgan fingerprint density at radius 1 is 1.50 bits per heavy atom. The van der Waals surface area contributed by atoms with E-state index in [1.165, 1.54) is 0 Å². The average molecular weight is 176 g/mol. The molecule has 0 aromatic heterocycles. The Hall–Kier alpha value is 0.210. The molecule has 2 nitrogen and oxygen atoms in total. The molecule has 1 fully saturated rings. The fourth-order valence-corrected chi connectivity index (χ4v) is 1.49. The molecule has 3 heteroatoms. The molecule has 0 saturated heterocycles. The first-order valence-electron chi connectivity index (χ1n) is 3.94. The molecule has 0 heterocycles. The Kier molecular flexibility index (Phi) is 4.53. The van der Waals surface area contributed by atoms with Crippen LogP contribution in [0.15, 0.2) is 11.8 Å². The fourth-order valence-electron chi connectivity index (χ4n) is 1.49. The number of hydrogen-bond donors (Lipinski definition) is 0. The van der Waals surface area contributed by atoms with Crippen LogP contribution in [0.25, 0.3) is 0 Å². The van der Waals surface area contributed by atoms with Crippen molar-refractivity contribution in [2.45, 2.75) is 33.1 Å². The van der Waals surface area contributed by atoms with Crippen molar-refractivity contribution in [3.63, 3.8) is 0 Å². The van der Waals surface area contributed by atoms with Gasteiger partial charge in [-0.2, -0.15) is 0 Å². The Bertz CT molecular complexity index is 207. The van der Waals surface area contributed by atoms with E-state index in [0.29, 0.717) is 18.3 Å². The number of carbonyl (C=O) groups excluding carboxylic acids is 1. The first-order valence-corrected chi connectivity index (χ1v) is 3.94. The largest absolute Gasteiger partial charge is 1.00 e. The van der Waals surface area contributed by atoms with Gasteiger partial charge in [0.05, 0.1) is 0 Å². The quantitative estimate of drug-likeness (QED) is 0.244. The second-order valence-corrected chi connectivity index (χ2v) is 3.71. The van der Waals surface area contributed by atoms with Gasteiger partial charge in [0.1, 0.15) is 0 Å². The van der Waals surface area contributed by atoms with E-state index in [1.54, 1.807) is 0 Å². The smallest absolute Gasteiger partial charge is 0.878 e. The van der Waals surface area contributed by atoms with Crippen LogP contribution in [0.3, 0.4) is 0 Å². The van der Waals surface area contributed by atoms with Crippen LogP contribution in [0.5, 0.6) is 0 Å². The summed E-state index contributed by atoms with van der Waals surface area (Å²) < 4.78 is 0. The number of hydrogen-bond acceptors (Lipinski definition) is 2. The predicted octanol–water partition coefficient (Wildman–Crippen LogP) is -1.99. The van der Waals surface area contributed by atoms with E-state index in [9.17, 15) is 9.90 Å². The molecule has 0 atom stereocenters. The van der Waals surface area contributed by atoms with Crippen LogP contribution < -0.4 is 34.7 Å². The van der Waals surface area contributed by atoms with Crippen molar-refractivity contribution in [2.75, 3.05) is 0 Å². The van der Waals surface area contributed by atoms with Gasteiger partial charge in [0, 0.05) is 5.41 Å². The molecule has 0 bridgehead atoms. The average Bonchev–Trinajstić information content (AvgIpc) is 1.95. The molecule has 1 aliphatic rings. The molecular weight excluding hydrogens is 163 g/mol. The van der Waals surface area contributed by atoms with Gasteiger partial charge >= 0.3 is 29.6 Å². The molecule has 1 rings (SSSR count). The maximum absolute atomic E-state index is 11.4. The molecular formula is C9H13NaO2.